The number of carboxylic acids is 1. The van der Waals surface area contributed by atoms with Gasteiger partial charge in [0, 0.05) is 16.7 Å². The number of oxime groups is 1. The number of hydrogen-bond donors (Lipinski definition) is 3. The van der Waals surface area contributed by atoms with Crippen LogP contribution in [0.1, 0.15) is 5.69 Å². The average molecular weight is 478 g/mol. The van der Waals surface area contributed by atoms with E-state index >= 15 is 0 Å². The number of rotatable bonds is 7. The number of primary amides is 1. The normalized spacial score (nSPS) is 20.2. The van der Waals surface area contributed by atoms with E-state index in [2.05, 4.69) is 25.0 Å². The smallest absolute Gasteiger partial charge is 0.543 e. The molecule has 0 radical (unpaired) electrons. The van der Waals surface area contributed by atoms with Crippen molar-refractivity contribution in [2.24, 2.45) is 10.9 Å². The Bertz CT molecular complexity index is 981. The van der Waals surface area contributed by atoms with Crippen LogP contribution in [0.25, 0.3) is 0 Å². The van der Waals surface area contributed by atoms with Gasteiger partial charge in [-0.1, -0.05) is 5.16 Å². The number of nitrogens with zero attached hydrogens (tertiary/aromatic N) is 3. The average Bonchev–Trinajstić information content (AvgIpc) is 3.13. The van der Waals surface area contributed by atoms with Gasteiger partial charge >= 0.3 is 35.7 Å². The molecule has 0 spiro atoms. The summed E-state index contributed by atoms with van der Waals surface area (Å²) in [6, 6.07) is -1.02. The summed E-state index contributed by atoms with van der Waals surface area (Å²) in [4.78, 5) is 57.2. The zero-order valence-electron chi connectivity index (χ0n) is 16.3. The van der Waals surface area contributed by atoms with Crippen molar-refractivity contribution < 1.29 is 63.4 Å². The Kier molecular flexibility index (Phi) is 8.30. The number of thiazole rings is 1. The Balaban J connectivity index is 0.00000341. The first-order chi connectivity index (χ1) is 14.2. The van der Waals surface area contributed by atoms with Gasteiger partial charge in [0.15, 0.2) is 10.8 Å². The maximum atomic E-state index is 12.6. The number of aliphatic carboxylic acids is 1. The van der Waals surface area contributed by atoms with E-state index in [9.17, 15) is 24.3 Å². The van der Waals surface area contributed by atoms with Crippen LogP contribution in [0.3, 0.4) is 0 Å². The largest absolute Gasteiger partial charge is 1.00 e. The van der Waals surface area contributed by atoms with Crippen molar-refractivity contribution >= 4 is 57.8 Å². The molecule has 13 nitrogen and oxygen atoms in total. The van der Waals surface area contributed by atoms with Crippen LogP contribution in [0.4, 0.5) is 9.93 Å². The van der Waals surface area contributed by atoms with Crippen molar-refractivity contribution in [3.8, 4) is 0 Å². The second-order valence-electron chi connectivity index (χ2n) is 5.90. The Labute approximate surface area is 205 Å². The molecule has 31 heavy (non-hydrogen) atoms. The van der Waals surface area contributed by atoms with Crippen LogP contribution in [0.5, 0.6) is 0 Å². The summed E-state index contributed by atoms with van der Waals surface area (Å²) in [7, 11) is 1.24. The van der Waals surface area contributed by atoms with E-state index in [0.29, 0.717) is 0 Å². The number of nitrogens with one attached hydrogen (secondary N) is 1. The molecule has 3 heterocycles. The number of nitrogen functional groups attached to an aromatic ring is 1. The third-order valence-electron chi connectivity index (χ3n) is 4.08. The molecule has 0 aromatic carbocycles. The summed E-state index contributed by atoms with van der Waals surface area (Å²) < 4.78 is 4.63. The molecule has 1 aromatic heterocycles. The van der Waals surface area contributed by atoms with Crippen LogP contribution in [-0.2, 0) is 24.0 Å². The van der Waals surface area contributed by atoms with Crippen LogP contribution in [0.2, 0.25) is 0 Å². The van der Waals surface area contributed by atoms with Crippen molar-refractivity contribution in [1.29, 1.82) is 0 Å². The van der Waals surface area contributed by atoms with E-state index in [1.807, 2.05) is 0 Å². The fourth-order valence-corrected chi connectivity index (χ4v) is 4.72. The van der Waals surface area contributed by atoms with Crippen molar-refractivity contribution in [1.82, 2.24) is 15.2 Å². The van der Waals surface area contributed by atoms with Gasteiger partial charge in [-0.2, -0.15) is 0 Å². The van der Waals surface area contributed by atoms with Gasteiger partial charge in [-0.05, 0) is 0 Å². The van der Waals surface area contributed by atoms with E-state index in [-0.39, 0.29) is 57.4 Å². The molecule has 0 saturated carbocycles. The summed E-state index contributed by atoms with van der Waals surface area (Å²) in [5, 5.41) is 18.7. The molecule has 3 rings (SSSR count). The van der Waals surface area contributed by atoms with Crippen LogP contribution < -0.4 is 51.4 Å². The molecule has 1 unspecified atom stereocenters. The first-order valence-electron chi connectivity index (χ1n) is 8.18. The van der Waals surface area contributed by atoms with Crippen LogP contribution in [0.15, 0.2) is 21.8 Å². The first-order valence-corrected chi connectivity index (χ1v) is 10.1. The summed E-state index contributed by atoms with van der Waals surface area (Å²) in [6.07, 6.45) is -1.08. The summed E-state index contributed by atoms with van der Waals surface area (Å²) in [5.41, 5.74) is 10.2. The van der Waals surface area contributed by atoms with Crippen LogP contribution in [-0.4, -0.2) is 70.4 Å². The predicted octanol–water partition coefficient (Wildman–Crippen LogP) is -5.42. The van der Waals surface area contributed by atoms with Gasteiger partial charge in [-0.3, -0.25) is 14.5 Å². The molecule has 0 bridgehead atoms. The number of amides is 3. The quantitative estimate of drug-likeness (QED) is 0.147. The maximum absolute atomic E-state index is 12.6. The molecule has 5 N–H and O–H groups in total. The van der Waals surface area contributed by atoms with Gasteiger partial charge in [0.05, 0.1) is 11.7 Å². The SMILES string of the molecule is CON=C(C(=O)NC1C(=O)N2C(C(=O)[O-])=C(COC(N)=O)CS[C@@H]12)c1csc(N)n1.[Na+]. The molecule has 3 amide bonds. The van der Waals surface area contributed by atoms with Crippen molar-refractivity contribution in [2.75, 3.05) is 25.2 Å². The molecule has 2 aliphatic rings. The van der Waals surface area contributed by atoms with Gasteiger partial charge in [0.25, 0.3) is 11.8 Å². The molecule has 1 fully saturated rings. The van der Waals surface area contributed by atoms with E-state index in [1.54, 1.807) is 0 Å². The number of hydrogen-bond acceptors (Lipinski definition) is 12. The number of carbonyl (C=O) groups is 4. The Hall–Kier alpha value is -2.33. The van der Waals surface area contributed by atoms with Gasteiger partial charge in [0.2, 0.25) is 0 Å². The minimum absolute atomic E-state index is 0. The summed E-state index contributed by atoms with van der Waals surface area (Å²) in [6.45, 7) is -0.394. The number of ether oxygens (including phenoxy) is 1. The number of carbonyl (C=O) groups excluding carboxylic acids is 4. The van der Waals surface area contributed by atoms with Crippen LogP contribution in [0, 0.1) is 0 Å². The van der Waals surface area contributed by atoms with E-state index in [4.69, 9.17) is 11.5 Å². The Morgan fingerprint density at radius 1 is 1.45 bits per heavy atom. The topological polar surface area (TPSA) is 202 Å². The predicted molar refractivity (Wildman–Crippen MR) is 103 cm³/mol. The minimum atomic E-state index is -1.61. The molecule has 2 aliphatic heterocycles. The zero-order chi connectivity index (χ0) is 22.0. The third-order valence-corrected chi connectivity index (χ3v) is 6.09. The van der Waals surface area contributed by atoms with Crippen molar-refractivity contribution in [3.63, 3.8) is 0 Å². The molecule has 160 valence electrons. The fourth-order valence-electron chi connectivity index (χ4n) is 2.84. The maximum Gasteiger partial charge on any atom is 1.00 e. The number of fused-ring (bicyclic) bond motifs is 1. The number of anilines is 1. The van der Waals surface area contributed by atoms with E-state index in [1.165, 1.54) is 24.3 Å². The van der Waals surface area contributed by atoms with Crippen molar-refractivity contribution in [2.45, 2.75) is 11.4 Å². The number of carboxylic acid groups (broad SMARTS) is 1. The van der Waals surface area contributed by atoms with Gasteiger partial charge in [-0.15, -0.1) is 23.1 Å². The van der Waals surface area contributed by atoms with Gasteiger partial charge < -0.3 is 36.3 Å². The molecule has 1 saturated heterocycles. The Morgan fingerprint density at radius 3 is 2.71 bits per heavy atom. The van der Waals surface area contributed by atoms with Gasteiger partial charge in [0.1, 0.15) is 30.8 Å². The second-order valence-corrected chi connectivity index (χ2v) is 7.90. The standard InChI is InChI=1S/C15H16N6O7S2.Na/c1-27-20-7(6-4-30-14(16)18-6)10(22)19-8-11(23)21-9(13(24)25)5(2-28-15(17)26)3-29-12(8)21;/h4,8,12H,2-3H2,1H3,(H2,16,18)(H2,17,26)(H,19,22)(H,24,25);/q;+1/p-1/t8?,12-;/m0./s1. The molecular formula is C15H15N6NaO7S2. The molecule has 1 aromatic rings. The summed E-state index contributed by atoms with van der Waals surface area (Å²) >= 11 is 2.27. The molecule has 16 heteroatoms. The van der Waals surface area contributed by atoms with Crippen molar-refractivity contribution in [3.05, 3.63) is 22.3 Å². The minimum Gasteiger partial charge on any atom is -0.543 e. The number of nitrogens with two attached hydrogens (primary N) is 2. The van der Waals surface area contributed by atoms with Crippen LogP contribution >= 0.6 is 23.1 Å². The third kappa shape index (κ3) is 5.12. The molecular weight excluding hydrogens is 463 g/mol. The van der Waals surface area contributed by atoms with Gasteiger partial charge in [-0.25, -0.2) is 9.78 Å². The Morgan fingerprint density at radius 2 is 2.16 bits per heavy atom. The molecule has 2 atom stereocenters. The first kappa shape index (κ1) is 24.9. The monoisotopic (exact) mass is 478 g/mol. The second kappa shape index (κ2) is 10.3. The number of thioether (sulfide) groups is 1. The number of β-lactam (4-membered cyclic amide) rings is 1. The molecule has 0 aliphatic carbocycles. The van der Waals surface area contributed by atoms with E-state index in [0.717, 1.165) is 16.2 Å². The van der Waals surface area contributed by atoms with E-state index < -0.39 is 47.6 Å². The summed E-state index contributed by atoms with van der Waals surface area (Å²) in [5.74, 6) is -2.91. The number of aromatic nitrogens is 1. The fraction of sp³-hybridized carbons (Fsp3) is 0.333. The zero-order valence-corrected chi connectivity index (χ0v) is 19.9.